The summed E-state index contributed by atoms with van der Waals surface area (Å²) in [6.45, 7) is 3.35. The van der Waals surface area contributed by atoms with E-state index in [0.717, 1.165) is 44.9 Å². The summed E-state index contributed by atoms with van der Waals surface area (Å²) in [6.07, 6.45) is 9.62. The maximum absolute atomic E-state index is 12.4. The van der Waals surface area contributed by atoms with Crippen molar-refractivity contribution in [3.63, 3.8) is 0 Å². The highest BCUT2D eigenvalue weighted by Crippen LogP contribution is 2.26. The molecule has 0 aliphatic carbocycles. The molecule has 0 saturated carbocycles. The minimum atomic E-state index is -1.70. The van der Waals surface area contributed by atoms with Crippen molar-refractivity contribution in [3.8, 4) is 0 Å². The number of aliphatic hydroxyl groups is 7. The number of ether oxygens (including phenoxy) is 6. The normalized spacial score (nSPS) is 30.0. The molecule has 2 heterocycles. The summed E-state index contributed by atoms with van der Waals surface area (Å²) in [4.78, 5) is 12.4. The molecule has 11 atom stereocenters. The fourth-order valence-corrected chi connectivity index (χ4v) is 6.05. The molecule has 0 spiro atoms. The molecule has 2 aliphatic heterocycles. The summed E-state index contributed by atoms with van der Waals surface area (Å²) in [7, 11) is 0. The van der Waals surface area contributed by atoms with Gasteiger partial charge in [-0.3, -0.25) is 4.79 Å². The molecule has 0 radical (unpaired) electrons. The van der Waals surface area contributed by atoms with Crippen molar-refractivity contribution in [2.45, 2.75) is 184 Å². The number of hydrogen-bond donors (Lipinski definition) is 7. The van der Waals surface area contributed by atoms with Gasteiger partial charge in [0.05, 0.1) is 26.4 Å². The van der Waals surface area contributed by atoms with Crippen LogP contribution in [0.5, 0.6) is 0 Å². The summed E-state index contributed by atoms with van der Waals surface area (Å²) < 4.78 is 33.6. The van der Waals surface area contributed by atoms with Gasteiger partial charge in [-0.2, -0.15) is 0 Å². The van der Waals surface area contributed by atoms with Gasteiger partial charge in [-0.25, -0.2) is 0 Å². The van der Waals surface area contributed by atoms with E-state index in [0.29, 0.717) is 13.0 Å². The SMILES string of the molecule is CCCCCC/C=C\C/C=C\CCCCCCCCOCC(COC1OC(COC2OC(CO)C(O)C(O)C2O)C(O)C(O)C1O)OC(=O)CCCC. The van der Waals surface area contributed by atoms with Crippen LogP contribution in [0.2, 0.25) is 0 Å². The van der Waals surface area contributed by atoms with E-state index >= 15 is 0 Å². The lowest BCUT2D eigenvalue weighted by Crippen LogP contribution is -2.61. The third-order valence-electron chi connectivity index (χ3n) is 9.46. The minimum absolute atomic E-state index is 0.0515. The zero-order valence-electron chi connectivity index (χ0n) is 32.0. The first-order valence-electron chi connectivity index (χ1n) is 19.9. The zero-order valence-corrected chi connectivity index (χ0v) is 32.0. The van der Waals surface area contributed by atoms with Crippen LogP contribution in [0, 0.1) is 0 Å². The van der Waals surface area contributed by atoms with E-state index in [2.05, 4.69) is 31.2 Å². The molecule has 2 aliphatic rings. The van der Waals surface area contributed by atoms with Crippen molar-refractivity contribution in [2.24, 2.45) is 0 Å². The largest absolute Gasteiger partial charge is 0.457 e. The van der Waals surface area contributed by atoms with Crippen LogP contribution in [0.25, 0.3) is 0 Å². The highest BCUT2D eigenvalue weighted by Gasteiger charge is 2.47. The van der Waals surface area contributed by atoms with Crippen molar-refractivity contribution in [1.82, 2.24) is 0 Å². The van der Waals surface area contributed by atoms with Crippen LogP contribution < -0.4 is 0 Å². The Kier molecular flexibility index (Phi) is 25.9. The highest BCUT2D eigenvalue weighted by atomic mass is 16.7. The molecule has 14 nitrogen and oxygen atoms in total. The lowest BCUT2D eigenvalue weighted by Gasteiger charge is -2.42. The van der Waals surface area contributed by atoms with Crippen LogP contribution in [-0.4, -0.2) is 142 Å². The van der Waals surface area contributed by atoms with E-state index in [1.165, 1.54) is 44.9 Å². The lowest BCUT2D eigenvalue weighted by atomic mass is 9.98. The zero-order chi connectivity index (χ0) is 38.8. The number of hydrogen-bond acceptors (Lipinski definition) is 14. The Morgan fingerprint density at radius 3 is 1.79 bits per heavy atom. The van der Waals surface area contributed by atoms with Crippen LogP contribution >= 0.6 is 0 Å². The summed E-state index contributed by atoms with van der Waals surface area (Å²) in [5.74, 6) is -0.417. The molecule has 2 rings (SSSR count). The number of esters is 1. The monoisotopic (exact) mass is 762 g/mol. The van der Waals surface area contributed by atoms with Gasteiger partial charge in [-0.05, 0) is 44.9 Å². The van der Waals surface area contributed by atoms with Gasteiger partial charge >= 0.3 is 5.97 Å². The quantitative estimate of drug-likeness (QED) is 0.0332. The molecule has 2 fully saturated rings. The molecule has 0 aromatic carbocycles. The number of rotatable bonds is 29. The Morgan fingerprint density at radius 2 is 1.17 bits per heavy atom. The van der Waals surface area contributed by atoms with Crippen molar-refractivity contribution in [1.29, 1.82) is 0 Å². The smallest absolute Gasteiger partial charge is 0.306 e. The van der Waals surface area contributed by atoms with Gasteiger partial charge in [0, 0.05) is 13.0 Å². The Balaban J connectivity index is 1.72. The molecule has 310 valence electrons. The Hall–Kier alpha value is -1.53. The van der Waals surface area contributed by atoms with Crippen molar-refractivity contribution in [2.75, 3.05) is 33.0 Å². The third-order valence-corrected chi connectivity index (χ3v) is 9.46. The first kappa shape index (κ1) is 47.6. The minimum Gasteiger partial charge on any atom is -0.457 e. The maximum atomic E-state index is 12.4. The summed E-state index contributed by atoms with van der Waals surface area (Å²) in [5.41, 5.74) is 0. The average Bonchev–Trinajstić information content (AvgIpc) is 3.15. The molecule has 0 bridgehead atoms. The Bertz CT molecular complexity index is 980. The fraction of sp³-hybridized carbons (Fsp3) is 0.872. The van der Waals surface area contributed by atoms with Crippen LogP contribution in [0.4, 0.5) is 0 Å². The average molecular weight is 763 g/mol. The van der Waals surface area contributed by atoms with E-state index < -0.39 is 86.7 Å². The van der Waals surface area contributed by atoms with Gasteiger partial charge in [0.25, 0.3) is 0 Å². The number of aliphatic hydroxyl groups excluding tert-OH is 7. The van der Waals surface area contributed by atoms with Gasteiger partial charge in [-0.1, -0.05) is 89.5 Å². The molecule has 0 amide bonds. The third kappa shape index (κ3) is 18.8. The Morgan fingerprint density at radius 1 is 0.623 bits per heavy atom. The summed E-state index contributed by atoms with van der Waals surface area (Å²) in [5, 5.41) is 71.2. The first-order chi connectivity index (χ1) is 25.6. The topological polar surface area (TPSA) is 214 Å². The van der Waals surface area contributed by atoms with Crippen molar-refractivity contribution < 1.29 is 69.0 Å². The highest BCUT2D eigenvalue weighted by molar-refractivity contribution is 5.69. The van der Waals surface area contributed by atoms with Gasteiger partial charge in [0.1, 0.15) is 54.9 Å². The van der Waals surface area contributed by atoms with Crippen molar-refractivity contribution in [3.05, 3.63) is 24.3 Å². The van der Waals surface area contributed by atoms with Crippen molar-refractivity contribution >= 4 is 5.97 Å². The predicted octanol–water partition coefficient (Wildman–Crippen LogP) is 2.95. The molecule has 53 heavy (non-hydrogen) atoms. The standard InChI is InChI=1S/C39H70O14/c1-3-5-7-8-9-10-11-12-13-14-15-16-17-18-19-20-21-23-48-25-28(51-31(41)22-6-4-2)26-49-38-37(47)35(45)33(43)30(53-38)27-50-39-36(46)34(44)32(42)29(24-40)52-39/h10-11,13-14,28-30,32-40,42-47H,3-9,12,15-27H2,1-2H3/b11-10-,14-13-. The van der Waals surface area contributed by atoms with Crippen LogP contribution in [-0.2, 0) is 33.2 Å². The second-order valence-electron chi connectivity index (χ2n) is 14.1. The molecule has 2 saturated heterocycles. The molecular formula is C39H70O14. The van der Waals surface area contributed by atoms with E-state index in [1.54, 1.807) is 0 Å². The van der Waals surface area contributed by atoms with Crippen LogP contribution in [0.1, 0.15) is 117 Å². The lowest BCUT2D eigenvalue weighted by molar-refractivity contribution is -0.332. The molecule has 14 heteroatoms. The molecule has 11 unspecified atom stereocenters. The van der Waals surface area contributed by atoms with E-state index in [1.807, 2.05) is 6.92 Å². The summed E-state index contributed by atoms with van der Waals surface area (Å²) >= 11 is 0. The molecular weight excluding hydrogens is 692 g/mol. The van der Waals surface area contributed by atoms with Gasteiger partial charge in [0.15, 0.2) is 12.6 Å². The van der Waals surface area contributed by atoms with Gasteiger partial charge < -0.3 is 64.2 Å². The number of carbonyl (C=O) groups excluding carboxylic acids is 1. The van der Waals surface area contributed by atoms with E-state index in [9.17, 15) is 40.5 Å². The number of unbranched alkanes of at least 4 members (excludes halogenated alkanes) is 11. The van der Waals surface area contributed by atoms with Gasteiger partial charge in [-0.15, -0.1) is 0 Å². The maximum Gasteiger partial charge on any atom is 0.306 e. The van der Waals surface area contributed by atoms with Crippen LogP contribution in [0.15, 0.2) is 24.3 Å². The number of carbonyl (C=O) groups is 1. The predicted molar refractivity (Wildman–Crippen MR) is 197 cm³/mol. The second-order valence-corrected chi connectivity index (χ2v) is 14.1. The first-order valence-corrected chi connectivity index (χ1v) is 19.9. The van der Waals surface area contributed by atoms with Crippen LogP contribution in [0.3, 0.4) is 0 Å². The summed E-state index contributed by atoms with van der Waals surface area (Å²) in [6, 6.07) is 0. The fourth-order valence-electron chi connectivity index (χ4n) is 6.05. The molecule has 7 N–H and O–H groups in total. The number of allylic oxidation sites excluding steroid dienone is 4. The van der Waals surface area contributed by atoms with Gasteiger partial charge in [0.2, 0.25) is 0 Å². The second kappa shape index (κ2) is 28.8. The Labute approximate surface area is 316 Å². The van der Waals surface area contributed by atoms with E-state index in [4.69, 9.17) is 28.4 Å². The molecule has 0 aromatic rings. The molecule has 0 aromatic heterocycles. The van der Waals surface area contributed by atoms with E-state index in [-0.39, 0.29) is 19.6 Å².